The lowest BCUT2D eigenvalue weighted by Gasteiger charge is -2.26. The molecule has 1 atom stereocenters. The Labute approximate surface area is 100 Å². The smallest absolute Gasteiger partial charge is 0.321 e. The standard InChI is InChI=1S/C13H16N2O2/c1-9(16)14-13(17)15-12-8-4-6-10-5-2-3-7-11(10)12/h2-3,5,7,12H,4,6,8H2,1H3,(H2,14,15,16,17). The molecule has 4 heteroatoms. The Bertz CT molecular complexity index is 443. The van der Waals surface area contributed by atoms with E-state index in [9.17, 15) is 9.59 Å². The zero-order valence-corrected chi connectivity index (χ0v) is 9.82. The summed E-state index contributed by atoms with van der Waals surface area (Å²) in [5, 5.41) is 5.07. The van der Waals surface area contributed by atoms with E-state index in [-0.39, 0.29) is 11.9 Å². The molecule has 0 saturated heterocycles. The van der Waals surface area contributed by atoms with Gasteiger partial charge in [-0.2, -0.15) is 0 Å². The van der Waals surface area contributed by atoms with Gasteiger partial charge in [-0.25, -0.2) is 4.79 Å². The zero-order valence-electron chi connectivity index (χ0n) is 9.82. The van der Waals surface area contributed by atoms with E-state index in [0.717, 1.165) is 24.8 Å². The van der Waals surface area contributed by atoms with Crippen LogP contribution in [0.4, 0.5) is 4.79 Å². The number of rotatable bonds is 1. The van der Waals surface area contributed by atoms with Gasteiger partial charge in [-0.05, 0) is 30.4 Å². The van der Waals surface area contributed by atoms with Crippen molar-refractivity contribution in [1.29, 1.82) is 0 Å². The van der Waals surface area contributed by atoms with Gasteiger partial charge in [0.25, 0.3) is 0 Å². The highest BCUT2D eigenvalue weighted by molar-refractivity contribution is 5.93. The van der Waals surface area contributed by atoms with E-state index in [1.165, 1.54) is 12.5 Å². The van der Waals surface area contributed by atoms with Gasteiger partial charge in [-0.1, -0.05) is 24.3 Å². The minimum atomic E-state index is -0.417. The van der Waals surface area contributed by atoms with Gasteiger partial charge < -0.3 is 5.32 Å². The van der Waals surface area contributed by atoms with Crippen LogP contribution in [0.3, 0.4) is 0 Å². The monoisotopic (exact) mass is 232 g/mol. The summed E-state index contributed by atoms with van der Waals surface area (Å²) >= 11 is 0. The molecule has 0 fully saturated rings. The predicted octanol–water partition coefficient (Wildman–Crippen LogP) is 1.91. The van der Waals surface area contributed by atoms with Crippen LogP contribution >= 0.6 is 0 Å². The summed E-state index contributed by atoms with van der Waals surface area (Å²) < 4.78 is 0. The highest BCUT2D eigenvalue weighted by atomic mass is 16.2. The molecule has 3 amide bonds. The summed E-state index contributed by atoms with van der Waals surface area (Å²) in [4.78, 5) is 22.3. The Morgan fingerprint density at radius 3 is 2.82 bits per heavy atom. The molecule has 1 aromatic carbocycles. The highest BCUT2D eigenvalue weighted by Crippen LogP contribution is 2.29. The first kappa shape index (κ1) is 11.6. The summed E-state index contributed by atoms with van der Waals surface area (Å²) in [5.74, 6) is -0.341. The van der Waals surface area contributed by atoms with E-state index >= 15 is 0 Å². The third kappa shape index (κ3) is 2.84. The number of hydrogen-bond donors (Lipinski definition) is 2. The van der Waals surface area contributed by atoms with E-state index in [2.05, 4.69) is 16.7 Å². The molecule has 0 radical (unpaired) electrons. The normalized spacial score (nSPS) is 18.1. The molecule has 1 aliphatic rings. The van der Waals surface area contributed by atoms with Gasteiger partial charge >= 0.3 is 6.03 Å². The predicted molar refractivity (Wildman–Crippen MR) is 64.5 cm³/mol. The molecule has 1 aromatic rings. The number of benzene rings is 1. The summed E-state index contributed by atoms with van der Waals surface area (Å²) in [6.45, 7) is 1.33. The van der Waals surface area contributed by atoms with E-state index < -0.39 is 6.03 Å². The minimum absolute atomic E-state index is 0.0132. The third-order valence-electron chi connectivity index (χ3n) is 2.96. The van der Waals surface area contributed by atoms with Crippen LogP contribution < -0.4 is 10.6 Å². The van der Waals surface area contributed by atoms with Crippen molar-refractivity contribution in [2.45, 2.75) is 32.2 Å². The molecule has 1 aliphatic carbocycles. The lowest BCUT2D eigenvalue weighted by atomic mass is 9.88. The topological polar surface area (TPSA) is 58.2 Å². The minimum Gasteiger partial charge on any atom is -0.331 e. The van der Waals surface area contributed by atoms with Crippen LogP contribution in [0, 0.1) is 0 Å². The number of aryl methyl sites for hydroxylation is 1. The van der Waals surface area contributed by atoms with Crippen molar-refractivity contribution in [3.8, 4) is 0 Å². The number of carbonyl (C=O) groups excluding carboxylic acids is 2. The van der Waals surface area contributed by atoms with Gasteiger partial charge in [0.1, 0.15) is 0 Å². The molecule has 4 nitrogen and oxygen atoms in total. The van der Waals surface area contributed by atoms with E-state index in [4.69, 9.17) is 0 Å². The van der Waals surface area contributed by atoms with Gasteiger partial charge in [-0.3, -0.25) is 10.1 Å². The summed E-state index contributed by atoms with van der Waals surface area (Å²) in [6.07, 6.45) is 3.03. The van der Waals surface area contributed by atoms with E-state index in [1.54, 1.807) is 0 Å². The zero-order chi connectivity index (χ0) is 12.3. The largest absolute Gasteiger partial charge is 0.331 e. The van der Waals surface area contributed by atoms with Gasteiger partial charge in [0.15, 0.2) is 0 Å². The molecular weight excluding hydrogens is 216 g/mol. The molecule has 0 aromatic heterocycles. The average Bonchev–Trinajstić information content (AvgIpc) is 2.28. The van der Waals surface area contributed by atoms with Crippen molar-refractivity contribution in [2.24, 2.45) is 0 Å². The average molecular weight is 232 g/mol. The number of nitrogens with one attached hydrogen (secondary N) is 2. The molecule has 1 unspecified atom stereocenters. The van der Waals surface area contributed by atoms with Crippen LogP contribution in [0.25, 0.3) is 0 Å². The maximum absolute atomic E-state index is 11.5. The van der Waals surface area contributed by atoms with Crippen LogP contribution in [0.5, 0.6) is 0 Å². The van der Waals surface area contributed by atoms with Gasteiger partial charge in [-0.15, -0.1) is 0 Å². The third-order valence-corrected chi connectivity index (χ3v) is 2.96. The fraction of sp³-hybridized carbons (Fsp3) is 0.385. The summed E-state index contributed by atoms with van der Waals surface area (Å²) in [6, 6.07) is 7.70. The van der Waals surface area contributed by atoms with Crippen molar-refractivity contribution in [2.75, 3.05) is 0 Å². The Morgan fingerprint density at radius 1 is 1.29 bits per heavy atom. The Kier molecular flexibility index (Phi) is 3.42. The van der Waals surface area contributed by atoms with Crippen molar-refractivity contribution in [3.05, 3.63) is 35.4 Å². The fourth-order valence-electron chi connectivity index (χ4n) is 2.26. The maximum Gasteiger partial charge on any atom is 0.321 e. The number of carbonyl (C=O) groups is 2. The molecule has 90 valence electrons. The molecule has 0 aliphatic heterocycles. The Morgan fingerprint density at radius 2 is 2.06 bits per heavy atom. The second-order valence-electron chi connectivity index (χ2n) is 4.30. The highest BCUT2D eigenvalue weighted by Gasteiger charge is 2.21. The molecule has 17 heavy (non-hydrogen) atoms. The molecule has 2 N–H and O–H groups in total. The lowest BCUT2D eigenvalue weighted by Crippen LogP contribution is -2.41. The molecule has 0 spiro atoms. The Hall–Kier alpha value is -1.84. The van der Waals surface area contributed by atoms with Crippen LogP contribution in [0.1, 0.15) is 36.9 Å². The first-order chi connectivity index (χ1) is 8.16. The first-order valence-electron chi connectivity index (χ1n) is 5.82. The second-order valence-corrected chi connectivity index (χ2v) is 4.30. The maximum atomic E-state index is 11.5. The second kappa shape index (κ2) is 4.99. The molecular formula is C13H16N2O2. The number of urea groups is 1. The fourth-order valence-corrected chi connectivity index (χ4v) is 2.26. The number of amides is 3. The lowest BCUT2D eigenvalue weighted by molar-refractivity contribution is -0.117. The van der Waals surface area contributed by atoms with Crippen molar-refractivity contribution >= 4 is 11.9 Å². The summed E-state index contributed by atoms with van der Waals surface area (Å²) in [5.41, 5.74) is 2.45. The van der Waals surface area contributed by atoms with Crippen LogP contribution in [0.15, 0.2) is 24.3 Å². The molecule has 2 rings (SSSR count). The van der Waals surface area contributed by atoms with Crippen molar-refractivity contribution in [1.82, 2.24) is 10.6 Å². The Balaban J connectivity index is 2.08. The number of hydrogen-bond acceptors (Lipinski definition) is 2. The molecule has 0 saturated carbocycles. The van der Waals surface area contributed by atoms with E-state index in [1.807, 2.05) is 18.2 Å². The van der Waals surface area contributed by atoms with Crippen molar-refractivity contribution < 1.29 is 9.59 Å². The van der Waals surface area contributed by atoms with Gasteiger partial charge in [0.05, 0.1) is 6.04 Å². The van der Waals surface area contributed by atoms with Crippen LogP contribution in [-0.4, -0.2) is 11.9 Å². The van der Waals surface area contributed by atoms with Gasteiger partial charge in [0, 0.05) is 6.92 Å². The first-order valence-corrected chi connectivity index (χ1v) is 5.82. The quantitative estimate of drug-likeness (QED) is 0.777. The van der Waals surface area contributed by atoms with E-state index in [0.29, 0.717) is 0 Å². The SMILES string of the molecule is CC(=O)NC(=O)NC1CCCc2ccccc21. The van der Waals surface area contributed by atoms with Crippen LogP contribution in [-0.2, 0) is 11.2 Å². The molecule has 0 heterocycles. The molecule has 0 bridgehead atoms. The van der Waals surface area contributed by atoms with Crippen LogP contribution in [0.2, 0.25) is 0 Å². The van der Waals surface area contributed by atoms with Crippen molar-refractivity contribution in [3.63, 3.8) is 0 Å². The number of fused-ring (bicyclic) bond motifs is 1. The number of imide groups is 1. The van der Waals surface area contributed by atoms with Gasteiger partial charge in [0.2, 0.25) is 5.91 Å². The summed E-state index contributed by atoms with van der Waals surface area (Å²) in [7, 11) is 0.